The van der Waals surface area contributed by atoms with Crippen LogP contribution in [0.4, 0.5) is 5.13 Å². The molecule has 0 aliphatic heterocycles. The van der Waals surface area contributed by atoms with Gasteiger partial charge in [0.05, 0.1) is 10.6 Å². The van der Waals surface area contributed by atoms with Gasteiger partial charge in [-0.2, -0.15) is 9.36 Å². The number of nitrogens with zero attached hydrogens (tertiary/aromatic N) is 4. The minimum absolute atomic E-state index is 0.277. The minimum Gasteiger partial charge on any atom is -0.297 e. The lowest BCUT2D eigenvalue weighted by Gasteiger charge is -2.03. The molecule has 0 aliphatic carbocycles. The molecule has 8 heteroatoms. The normalized spacial score (nSPS) is 10.6. The van der Waals surface area contributed by atoms with Crippen LogP contribution in [0, 0.1) is 13.8 Å². The topological polar surface area (TPSA) is 80.7 Å². The van der Waals surface area contributed by atoms with E-state index in [1.54, 1.807) is 37.5 Å². The summed E-state index contributed by atoms with van der Waals surface area (Å²) < 4.78 is 4.20. The molecule has 3 rings (SSSR count). The molecule has 1 amide bonds. The first-order valence-electron chi connectivity index (χ1n) is 6.74. The van der Waals surface area contributed by atoms with Gasteiger partial charge >= 0.3 is 0 Å². The fourth-order valence-corrected chi connectivity index (χ4v) is 2.83. The predicted octanol–water partition coefficient (Wildman–Crippen LogP) is 3.52. The highest BCUT2D eigenvalue weighted by molar-refractivity contribution is 7.10. The number of hydrogen-bond donors (Lipinski definition) is 1. The summed E-state index contributed by atoms with van der Waals surface area (Å²) >= 11 is 7.24. The van der Waals surface area contributed by atoms with Crippen LogP contribution in [0.2, 0.25) is 5.02 Å². The average Bonchev–Trinajstić information content (AvgIpc) is 2.95. The number of carbonyl (C=O) groups is 1. The molecule has 1 N–H and O–H groups in total. The van der Waals surface area contributed by atoms with Crippen LogP contribution in [-0.4, -0.2) is 25.2 Å². The number of hydrogen-bond acceptors (Lipinski definition) is 6. The number of aromatic nitrogens is 4. The van der Waals surface area contributed by atoms with Crippen molar-refractivity contribution in [3.63, 3.8) is 0 Å². The summed E-state index contributed by atoms with van der Waals surface area (Å²) in [5.41, 5.74) is 2.59. The quantitative estimate of drug-likeness (QED) is 0.785. The van der Waals surface area contributed by atoms with Crippen molar-refractivity contribution in [3.8, 4) is 11.5 Å². The van der Waals surface area contributed by atoms with E-state index in [0.717, 1.165) is 17.1 Å². The van der Waals surface area contributed by atoms with Crippen LogP contribution in [0.5, 0.6) is 0 Å². The van der Waals surface area contributed by atoms with E-state index in [1.165, 1.54) is 0 Å². The molecule has 0 aromatic carbocycles. The van der Waals surface area contributed by atoms with E-state index in [1.807, 2.05) is 6.92 Å². The third-order valence-electron chi connectivity index (χ3n) is 3.09. The molecule has 0 fully saturated rings. The van der Waals surface area contributed by atoms with Gasteiger partial charge in [-0.1, -0.05) is 11.6 Å². The lowest BCUT2D eigenvalue weighted by Crippen LogP contribution is -2.13. The zero-order valence-electron chi connectivity index (χ0n) is 12.4. The molecule has 3 aromatic heterocycles. The number of halogens is 1. The summed E-state index contributed by atoms with van der Waals surface area (Å²) in [6.07, 6.45) is 3.33. The van der Waals surface area contributed by atoms with Gasteiger partial charge in [0.25, 0.3) is 5.91 Å². The van der Waals surface area contributed by atoms with Crippen molar-refractivity contribution in [2.24, 2.45) is 0 Å². The van der Waals surface area contributed by atoms with Gasteiger partial charge in [0.2, 0.25) is 5.13 Å². The first kappa shape index (κ1) is 15.5. The van der Waals surface area contributed by atoms with Gasteiger partial charge in [-0.3, -0.25) is 20.1 Å². The van der Waals surface area contributed by atoms with Gasteiger partial charge in [-0.15, -0.1) is 0 Å². The van der Waals surface area contributed by atoms with E-state index in [4.69, 9.17) is 11.6 Å². The highest BCUT2D eigenvalue weighted by Gasteiger charge is 2.15. The Bertz CT molecular complexity index is 880. The Kier molecular flexibility index (Phi) is 4.31. The van der Waals surface area contributed by atoms with Crippen molar-refractivity contribution in [1.82, 2.24) is 19.3 Å². The maximum atomic E-state index is 12.2. The molecule has 0 atom stereocenters. The van der Waals surface area contributed by atoms with Crippen molar-refractivity contribution < 1.29 is 4.79 Å². The second-order valence-electron chi connectivity index (χ2n) is 4.86. The maximum absolute atomic E-state index is 12.2. The molecule has 3 aromatic rings. The molecule has 3 heterocycles. The SMILES string of the molecule is Cc1cnc(-c2nsc(NC(=O)c3cccnc3C)n2)c(Cl)c1. The predicted molar refractivity (Wildman–Crippen MR) is 89.8 cm³/mol. The zero-order chi connectivity index (χ0) is 16.4. The lowest BCUT2D eigenvalue weighted by molar-refractivity contribution is 0.102. The summed E-state index contributed by atoms with van der Waals surface area (Å²) in [6, 6.07) is 5.21. The second kappa shape index (κ2) is 6.39. The fourth-order valence-electron chi connectivity index (χ4n) is 1.96. The smallest absolute Gasteiger partial charge is 0.259 e. The van der Waals surface area contributed by atoms with Gasteiger partial charge in [0.15, 0.2) is 5.82 Å². The van der Waals surface area contributed by atoms with Gasteiger partial charge in [-0.25, -0.2) is 0 Å². The number of nitrogens with one attached hydrogen (secondary N) is 1. The monoisotopic (exact) mass is 345 g/mol. The number of carbonyl (C=O) groups excluding carboxylic acids is 1. The van der Waals surface area contributed by atoms with Crippen molar-refractivity contribution in [2.75, 3.05) is 5.32 Å². The Labute approximate surface area is 141 Å². The van der Waals surface area contributed by atoms with Crippen LogP contribution in [0.25, 0.3) is 11.5 Å². The summed E-state index contributed by atoms with van der Waals surface area (Å²) in [5.74, 6) is 0.111. The molecule has 6 nitrogen and oxygen atoms in total. The Morgan fingerprint density at radius 2 is 2.13 bits per heavy atom. The standard InChI is InChI=1S/C15H12ClN5OS/c1-8-6-11(16)12(18-7-8)13-19-15(23-21-13)20-14(22)10-4-3-5-17-9(10)2/h3-7H,1-2H3,(H,19,20,21,22). The number of amides is 1. The fraction of sp³-hybridized carbons (Fsp3) is 0.133. The van der Waals surface area contributed by atoms with Crippen molar-refractivity contribution in [2.45, 2.75) is 13.8 Å². The van der Waals surface area contributed by atoms with Gasteiger partial charge in [-0.05, 0) is 37.6 Å². The summed E-state index contributed by atoms with van der Waals surface area (Å²) in [6.45, 7) is 3.68. The summed E-state index contributed by atoms with van der Waals surface area (Å²) in [5, 5.41) is 3.57. The summed E-state index contributed by atoms with van der Waals surface area (Å²) in [4.78, 5) is 24.8. The minimum atomic E-state index is -0.277. The first-order valence-corrected chi connectivity index (χ1v) is 7.89. The van der Waals surface area contributed by atoms with Gasteiger partial charge in [0, 0.05) is 29.6 Å². The molecule has 0 saturated carbocycles. The van der Waals surface area contributed by atoms with Crippen LogP contribution in [0.1, 0.15) is 21.6 Å². The van der Waals surface area contributed by atoms with Crippen molar-refractivity contribution in [1.29, 1.82) is 0 Å². The van der Waals surface area contributed by atoms with Gasteiger partial charge in [0.1, 0.15) is 5.69 Å². The molecule has 23 heavy (non-hydrogen) atoms. The Morgan fingerprint density at radius 1 is 1.30 bits per heavy atom. The van der Waals surface area contributed by atoms with Crippen LogP contribution in [-0.2, 0) is 0 Å². The number of pyridine rings is 2. The molecule has 0 spiro atoms. The molecule has 0 radical (unpaired) electrons. The number of aryl methyl sites for hydroxylation is 2. The Balaban J connectivity index is 1.82. The van der Waals surface area contributed by atoms with E-state index in [9.17, 15) is 4.79 Å². The van der Waals surface area contributed by atoms with Crippen LogP contribution < -0.4 is 5.32 Å². The average molecular weight is 346 g/mol. The van der Waals surface area contributed by atoms with E-state index in [0.29, 0.717) is 32.9 Å². The second-order valence-corrected chi connectivity index (χ2v) is 6.02. The highest BCUT2D eigenvalue weighted by atomic mass is 35.5. The molecule has 0 unspecified atom stereocenters. The summed E-state index contributed by atoms with van der Waals surface area (Å²) in [7, 11) is 0. The maximum Gasteiger partial charge on any atom is 0.259 e. The first-order chi connectivity index (χ1) is 11.0. The molecular weight excluding hydrogens is 334 g/mol. The van der Waals surface area contributed by atoms with Crippen LogP contribution >= 0.6 is 23.1 Å². The van der Waals surface area contributed by atoms with Crippen LogP contribution in [0.3, 0.4) is 0 Å². The number of rotatable bonds is 3. The molecular formula is C15H12ClN5OS. The van der Waals surface area contributed by atoms with Crippen molar-refractivity contribution in [3.05, 3.63) is 52.4 Å². The van der Waals surface area contributed by atoms with E-state index in [2.05, 4.69) is 24.6 Å². The molecule has 116 valence electrons. The Hall–Kier alpha value is -2.38. The van der Waals surface area contributed by atoms with Gasteiger partial charge < -0.3 is 0 Å². The largest absolute Gasteiger partial charge is 0.297 e. The van der Waals surface area contributed by atoms with E-state index in [-0.39, 0.29) is 5.91 Å². The van der Waals surface area contributed by atoms with E-state index >= 15 is 0 Å². The molecule has 0 bridgehead atoms. The third-order valence-corrected chi connectivity index (χ3v) is 4.01. The molecule has 0 saturated heterocycles. The zero-order valence-corrected chi connectivity index (χ0v) is 13.9. The molecule has 0 aliphatic rings. The number of anilines is 1. The van der Waals surface area contributed by atoms with E-state index < -0.39 is 0 Å². The Morgan fingerprint density at radius 3 is 2.87 bits per heavy atom. The van der Waals surface area contributed by atoms with Crippen molar-refractivity contribution >= 4 is 34.2 Å². The van der Waals surface area contributed by atoms with Crippen LogP contribution in [0.15, 0.2) is 30.6 Å². The highest BCUT2D eigenvalue weighted by Crippen LogP contribution is 2.26. The lowest BCUT2D eigenvalue weighted by atomic mass is 10.2. The third kappa shape index (κ3) is 3.35.